The van der Waals surface area contributed by atoms with Gasteiger partial charge >= 0.3 is 6.18 Å². The Labute approximate surface area is 133 Å². The van der Waals surface area contributed by atoms with Crippen LogP contribution in [0.4, 0.5) is 23.4 Å². The zero-order chi connectivity index (χ0) is 17.5. The van der Waals surface area contributed by atoms with Crippen LogP contribution in [-0.4, -0.2) is 10.1 Å². The zero-order valence-electron chi connectivity index (χ0n) is 11.9. The Morgan fingerprint density at radius 2 is 1.88 bits per heavy atom. The Morgan fingerprint density at radius 1 is 1.12 bits per heavy atom. The van der Waals surface area contributed by atoms with Crippen molar-refractivity contribution in [1.29, 1.82) is 0 Å². The molecule has 3 aromatic rings. The number of pyridine rings is 1. The van der Waals surface area contributed by atoms with E-state index >= 15 is 0 Å². The van der Waals surface area contributed by atoms with E-state index in [0.29, 0.717) is 17.7 Å². The summed E-state index contributed by atoms with van der Waals surface area (Å²) in [7, 11) is 0. The molecule has 0 fully saturated rings. The lowest BCUT2D eigenvalue weighted by Gasteiger charge is -2.09. The molecule has 0 saturated heterocycles. The van der Waals surface area contributed by atoms with Gasteiger partial charge in [0, 0.05) is 18.0 Å². The first-order valence-corrected chi connectivity index (χ1v) is 6.67. The average Bonchev–Trinajstić information content (AvgIpc) is 2.81. The Bertz CT molecular complexity index is 889. The second kappa shape index (κ2) is 5.55. The molecule has 0 aliphatic heterocycles. The van der Waals surface area contributed by atoms with E-state index in [-0.39, 0.29) is 22.8 Å². The summed E-state index contributed by atoms with van der Waals surface area (Å²) in [4.78, 5) is 3.87. The molecule has 0 amide bonds. The molecule has 0 bridgehead atoms. The van der Waals surface area contributed by atoms with Crippen LogP contribution in [0.15, 0.2) is 47.1 Å². The number of rotatable bonds is 2. The highest BCUT2D eigenvalue weighted by Crippen LogP contribution is 2.45. The number of alkyl halides is 3. The van der Waals surface area contributed by atoms with Crippen LogP contribution < -0.4 is 5.73 Å². The third-order valence-corrected chi connectivity index (χ3v) is 3.40. The summed E-state index contributed by atoms with van der Waals surface area (Å²) in [6.45, 7) is 0. The van der Waals surface area contributed by atoms with Gasteiger partial charge < -0.3 is 15.3 Å². The van der Waals surface area contributed by atoms with Crippen molar-refractivity contribution < 1.29 is 27.1 Å². The maximum absolute atomic E-state index is 13.7. The lowest BCUT2D eigenvalue weighted by molar-refractivity contribution is -0.139. The van der Waals surface area contributed by atoms with Crippen LogP contribution in [0, 0.1) is 5.82 Å². The van der Waals surface area contributed by atoms with Crippen molar-refractivity contribution >= 4 is 5.88 Å². The van der Waals surface area contributed by atoms with Crippen molar-refractivity contribution in [3.8, 4) is 28.2 Å². The lowest BCUT2D eigenvalue weighted by atomic mass is 10.0. The normalized spacial score (nSPS) is 11.7. The van der Waals surface area contributed by atoms with Crippen molar-refractivity contribution in [2.75, 3.05) is 5.73 Å². The van der Waals surface area contributed by atoms with E-state index in [2.05, 4.69) is 4.98 Å². The van der Waals surface area contributed by atoms with Crippen molar-refractivity contribution in [3.63, 3.8) is 0 Å². The lowest BCUT2D eigenvalue weighted by Crippen LogP contribution is -2.07. The van der Waals surface area contributed by atoms with Gasteiger partial charge in [-0.1, -0.05) is 6.07 Å². The molecule has 0 spiro atoms. The summed E-state index contributed by atoms with van der Waals surface area (Å²) in [5, 5.41) is 10.3. The van der Waals surface area contributed by atoms with Gasteiger partial charge in [0.25, 0.3) is 0 Å². The number of hydrogen-bond donors (Lipinski definition) is 2. The Kier molecular flexibility index (Phi) is 3.67. The second-order valence-corrected chi connectivity index (χ2v) is 4.95. The molecule has 0 unspecified atom stereocenters. The first-order valence-electron chi connectivity index (χ1n) is 6.67. The fourth-order valence-corrected chi connectivity index (χ4v) is 2.31. The smallest absolute Gasteiger partial charge is 0.419 e. The first-order chi connectivity index (χ1) is 11.3. The molecule has 4 nitrogen and oxygen atoms in total. The molecule has 24 heavy (non-hydrogen) atoms. The van der Waals surface area contributed by atoms with Gasteiger partial charge in [-0.2, -0.15) is 13.2 Å². The van der Waals surface area contributed by atoms with E-state index in [0.717, 1.165) is 6.07 Å². The molecule has 2 heterocycles. The number of aromatic hydroxyl groups is 1. The number of benzene rings is 1. The van der Waals surface area contributed by atoms with Crippen LogP contribution in [-0.2, 0) is 6.18 Å². The molecular weight excluding hydrogens is 328 g/mol. The molecule has 3 rings (SSSR count). The average molecular weight is 338 g/mol. The van der Waals surface area contributed by atoms with Gasteiger partial charge in [0.15, 0.2) is 11.5 Å². The minimum Gasteiger partial charge on any atom is -0.504 e. The van der Waals surface area contributed by atoms with Gasteiger partial charge in [0.1, 0.15) is 5.82 Å². The summed E-state index contributed by atoms with van der Waals surface area (Å²) in [5.41, 5.74) is 4.59. The SMILES string of the molecule is Nc1oc(-c2cccnc2)c(O)c1-c1ccc(C(F)(F)F)c(F)c1. The largest absolute Gasteiger partial charge is 0.504 e. The minimum atomic E-state index is -4.81. The third kappa shape index (κ3) is 2.66. The summed E-state index contributed by atoms with van der Waals surface area (Å²) in [6, 6.07) is 5.45. The number of nitrogen functional groups attached to an aromatic ring is 1. The van der Waals surface area contributed by atoms with Gasteiger partial charge in [-0.3, -0.25) is 4.98 Å². The van der Waals surface area contributed by atoms with Crippen molar-refractivity contribution in [1.82, 2.24) is 4.98 Å². The molecule has 0 aliphatic rings. The van der Waals surface area contributed by atoms with E-state index in [4.69, 9.17) is 10.2 Å². The topological polar surface area (TPSA) is 72.3 Å². The summed E-state index contributed by atoms with van der Waals surface area (Å²) in [5.74, 6) is -2.12. The molecule has 124 valence electrons. The fourth-order valence-electron chi connectivity index (χ4n) is 2.31. The van der Waals surface area contributed by atoms with Gasteiger partial charge in [-0.15, -0.1) is 0 Å². The molecule has 0 aliphatic carbocycles. The Balaban J connectivity index is 2.11. The van der Waals surface area contributed by atoms with Crippen molar-refractivity contribution in [3.05, 3.63) is 54.1 Å². The van der Waals surface area contributed by atoms with Crippen molar-refractivity contribution in [2.45, 2.75) is 6.18 Å². The monoisotopic (exact) mass is 338 g/mol. The van der Waals surface area contributed by atoms with Crippen LogP contribution in [0.3, 0.4) is 0 Å². The van der Waals surface area contributed by atoms with E-state index in [1.165, 1.54) is 12.4 Å². The first kappa shape index (κ1) is 15.9. The maximum atomic E-state index is 13.7. The molecule has 3 N–H and O–H groups in total. The number of aromatic nitrogens is 1. The fraction of sp³-hybridized carbons (Fsp3) is 0.0625. The number of furan rings is 1. The zero-order valence-corrected chi connectivity index (χ0v) is 11.9. The molecule has 0 atom stereocenters. The summed E-state index contributed by atoms with van der Waals surface area (Å²) < 4.78 is 56.9. The molecular formula is C16H10F4N2O2. The number of nitrogens with zero attached hydrogens (tertiary/aromatic N) is 1. The number of anilines is 1. The van der Waals surface area contributed by atoms with Gasteiger partial charge in [0.05, 0.1) is 11.1 Å². The standard InChI is InChI=1S/C16H10F4N2O2/c17-11-6-8(3-4-10(11)16(18,19)20)12-13(23)14(24-15(12)21)9-2-1-5-22-7-9/h1-7,23H,21H2. The number of halogens is 4. The van der Waals surface area contributed by atoms with Crippen LogP contribution in [0.5, 0.6) is 5.75 Å². The van der Waals surface area contributed by atoms with Crippen LogP contribution in [0.25, 0.3) is 22.5 Å². The highest BCUT2D eigenvalue weighted by atomic mass is 19.4. The highest BCUT2D eigenvalue weighted by molar-refractivity contribution is 5.86. The summed E-state index contributed by atoms with van der Waals surface area (Å²) in [6.07, 6.45) is -1.89. The van der Waals surface area contributed by atoms with Crippen LogP contribution in [0.1, 0.15) is 5.56 Å². The summed E-state index contributed by atoms with van der Waals surface area (Å²) >= 11 is 0. The minimum absolute atomic E-state index is 0.00379. The third-order valence-electron chi connectivity index (χ3n) is 3.40. The predicted octanol–water partition coefficient (Wildman–Crippen LogP) is 4.45. The van der Waals surface area contributed by atoms with E-state index < -0.39 is 23.3 Å². The molecule has 8 heteroatoms. The molecule has 0 saturated carbocycles. The maximum Gasteiger partial charge on any atom is 0.419 e. The van der Waals surface area contributed by atoms with Crippen LogP contribution in [0.2, 0.25) is 0 Å². The van der Waals surface area contributed by atoms with Crippen LogP contribution >= 0.6 is 0 Å². The highest BCUT2D eigenvalue weighted by Gasteiger charge is 2.34. The Hall–Kier alpha value is -3.03. The molecule has 2 aromatic heterocycles. The predicted molar refractivity (Wildman–Crippen MR) is 78.4 cm³/mol. The van der Waals surface area contributed by atoms with E-state index in [1.54, 1.807) is 12.1 Å². The number of nitrogens with two attached hydrogens (primary N) is 1. The van der Waals surface area contributed by atoms with E-state index in [9.17, 15) is 22.7 Å². The second-order valence-electron chi connectivity index (χ2n) is 4.95. The number of hydrogen-bond acceptors (Lipinski definition) is 4. The van der Waals surface area contributed by atoms with Crippen molar-refractivity contribution in [2.24, 2.45) is 0 Å². The van der Waals surface area contributed by atoms with Gasteiger partial charge in [-0.25, -0.2) is 4.39 Å². The van der Waals surface area contributed by atoms with E-state index in [1.807, 2.05) is 0 Å². The quantitative estimate of drug-likeness (QED) is 0.677. The van der Waals surface area contributed by atoms with Gasteiger partial charge in [0.2, 0.25) is 5.88 Å². The van der Waals surface area contributed by atoms with Gasteiger partial charge in [-0.05, 0) is 29.8 Å². The molecule has 1 aromatic carbocycles. The molecule has 0 radical (unpaired) electrons. The Morgan fingerprint density at radius 3 is 2.46 bits per heavy atom.